The van der Waals surface area contributed by atoms with Gasteiger partial charge in [-0.05, 0) is 35.6 Å². The number of aryl methyl sites for hydroxylation is 1. The average Bonchev–Trinajstić information content (AvgIpc) is 3.38. The molecule has 0 bridgehead atoms. The van der Waals surface area contributed by atoms with Crippen molar-refractivity contribution in [3.63, 3.8) is 0 Å². The quantitative estimate of drug-likeness (QED) is 0.418. The molecule has 8 nitrogen and oxygen atoms in total. The van der Waals surface area contributed by atoms with Crippen molar-refractivity contribution in [3.05, 3.63) is 70.7 Å². The largest absolute Gasteiger partial charge is 0.481 e. The van der Waals surface area contributed by atoms with E-state index < -0.39 is 18.1 Å². The molecule has 1 aliphatic carbocycles. The molecule has 4 rings (SSSR count). The highest BCUT2D eigenvalue weighted by Crippen LogP contribution is 2.44. The Morgan fingerprint density at radius 3 is 2.38 bits per heavy atom. The fraction of sp³-hybridized carbons (Fsp3) is 0.280. The molecule has 2 amide bonds. The van der Waals surface area contributed by atoms with E-state index in [-0.39, 0.29) is 31.3 Å². The Morgan fingerprint density at radius 2 is 1.74 bits per heavy atom. The first-order chi connectivity index (χ1) is 16.4. The van der Waals surface area contributed by atoms with Crippen LogP contribution < -0.4 is 10.6 Å². The van der Waals surface area contributed by atoms with Gasteiger partial charge in [0.2, 0.25) is 5.91 Å². The Morgan fingerprint density at radius 1 is 1.09 bits per heavy atom. The minimum absolute atomic E-state index is 0.0213. The van der Waals surface area contributed by atoms with Crippen LogP contribution in [0.1, 0.15) is 41.7 Å². The fourth-order valence-corrected chi connectivity index (χ4v) is 4.90. The van der Waals surface area contributed by atoms with E-state index in [0.29, 0.717) is 11.6 Å². The number of aromatic nitrogens is 1. The number of carbonyl (C=O) groups is 3. The van der Waals surface area contributed by atoms with Gasteiger partial charge >= 0.3 is 12.1 Å². The molecule has 0 unspecified atom stereocenters. The maximum atomic E-state index is 12.4. The molecular weight excluding hydrogens is 454 g/mol. The first kappa shape index (κ1) is 23.4. The number of benzene rings is 2. The van der Waals surface area contributed by atoms with Gasteiger partial charge in [-0.3, -0.25) is 14.9 Å². The second-order valence-electron chi connectivity index (χ2n) is 8.15. The zero-order chi connectivity index (χ0) is 24.1. The zero-order valence-electron chi connectivity index (χ0n) is 18.6. The maximum absolute atomic E-state index is 12.4. The summed E-state index contributed by atoms with van der Waals surface area (Å²) in [6.45, 7) is 1.86. The van der Waals surface area contributed by atoms with Gasteiger partial charge in [-0.25, -0.2) is 9.78 Å². The SMILES string of the molecule is C[C@H](CC(=O)O)NC(=O)CCc1cnc(NC(=O)OCC2c3ccccc3-c3ccccc32)s1. The van der Waals surface area contributed by atoms with Crippen molar-refractivity contribution < 1.29 is 24.2 Å². The van der Waals surface area contributed by atoms with E-state index in [1.165, 1.54) is 11.3 Å². The number of hydrogen-bond acceptors (Lipinski definition) is 6. The molecule has 1 aromatic heterocycles. The second kappa shape index (κ2) is 10.5. The molecule has 0 radical (unpaired) electrons. The summed E-state index contributed by atoms with van der Waals surface area (Å²) in [5.74, 6) is -1.21. The van der Waals surface area contributed by atoms with Crippen molar-refractivity contribution in [2.45, 2.75) is 38.1 Å². The predicted molar refractivity (Wildman–Crippen MR) is 129 cm³/mol. The number of nitrogens with one attached hydrogen (secondary N) is 2. The molecule has 9 heteroatoms. The number of nitrogens with zero attached hydrogens (tertiary/aromatic N) is 1. The summed E-state index contributed by atoms with van der Waals surface area (Å²) >= 11 is 1.27. The molecule has 1 aliphatic rings. The number of amides is 2. The van der Waals surface area contributed by atoms with Gasteiger partial charge in [0.15, 0.2) is 5.13 Å². The maximum Gasteiger partial charge on any atom is 0.413 e. The van der Waals surface area contributed by atoms with E-state index in [1.54, 1.807) is 13.1 Å². The number of carbonyl (C=O) groups excluding carboxylic acids is 2. The first-order valence-corrected chi connectivity index (χ1v) is 11.8. The smallest absolute Gasteiger partial charge is 0.413 e. The highest BCUT2D eigenvalue weighted by Gasteiger charge is 2.29. The number of carboxylic acid groups (broad SMARTS) is 1. The van der Waals surface area contributed by atoms with Gasteiger partial charge in [-0.2, -0.15) is 0 Å². The van der Waals surface area contributed by atoms with Crippen molar-refractivity contribution in [1.82, 2.24) is 10.3 Å². The number of thiazole rings is 1. The first-order valence-electron chi connectivity index (χ1n) is 11.0. The summed E-state index contributed by atoms with van der Waals surface area (Å²) in [5.41, 5.74) is 4.61. The molecule has 0 spiro atoms. The lowest BCUT2D eigenvalue weighted by molar-refractivity contribution is -0.137. The number of fused-ring (bicyclic) bond motifs is 3. The summed E-state index contributed by atoms with van der Waals surface area (Å²) < 4.78 is 5.53. The van der Waals surface area contributed by atoms with Gasteiger partial charge in [0.1, 0.15) is 6.61 Å². The average molecular weight is 480 g/mol. The van der Waals surface area contributed by atoms with Crippen LogP contribution in [0.2, 0.25) is 0 Å². The van der Waals surface area contributed by atoms with Gasteiger partial charge in [-0.1, -0.05) is 48.5 Å². The molecule has 34 heavy (non-hydrogen) atoms. The van der Waals surface area contributed by atoms with Crippen molar-refractivity contribution >= 4 is 34.4 Å². The van der Waals surface area contributed by atoms with Crippen LogP contribution in [0.25, 0.3) is 11.1 Å². The number of rotatable bonds is 9. The Kier molecular flexibility index (Phi) is 7.22. The molecule has 3 aromatic rings. The van der Waals surface area contributed by atoms with Crippen LogP contribution in [0.3, 0.4) is 0 Å². The van der Waals surface area contributed by atoms with Gasteiger partial charge in [0.05, 0.1) is 6.42 Å². The van der Waals surface area contributed by atoms with E-state index in [4.69, 9.17) is 9.84 Å². The molecule has 0 saturated heterocycles. The van der Waals surface area contributed by atoms with Crippen LogP contribution in [-0.2, 0) is 20.7 Å². The van der Waals surface area contributed by atoms with Crippen molar-refractivity contribution in [2.75, 3.05) is 11.9 Å². The van der Waals surface area contributed by atoms with E-state index in [0.717, 1.165) is 27.1 Å². The van der Waals surface area contributed by atoms with Gasteiger partial charge in [0, 0.05) is 29.5 Å². The summed E-state index contributed by atoms with van der Waals surface area (Å²) in [5, 5.41) is 14.5. The number of aliphatic carboxylic acids is 1. The Labute approximate surface area is 201 Å². The Bertz CT molecular complexity index is 1160. The lowest BCUT2D eigenvalue weighted by atomic mass is 9.98. The lowest BCUT2D eigenvalue weighted by Crippen LogP contribution is -2.34. The number of ether oxygens (including phenoxy) is 1. The van der Waals surface area contributed by atoms with Crippen molar-refractivity contribution in [3.8, 4) is 11.1 Å². The van der Waals surface area contributed by atoms with E-state index in [1.807, 2.05) is 24.3 Å². The monoisotopic (exact) mass is 479 g/mol. The number of anilines is 1. The van der Waals surface area contributed by atoms with E-state index in [2.05, 4.69) is 39.9 Å². The molecule has 0 fully saturated rings. The standard InChI is InChI=1S/C25H25N3O5S/c1-15(12-23(30)31)27-22(29)11-10-16-13-26-24(34-16)28-25(32)33-14-21-19-8-4-2-6-17(19)18-7-3-5-9-20(18)21/h2-9,13,15,21H,10-12,14H2,1H3,(H,27,29)(H,30,31)(H,26,28,32)/t15-/m1/s1. The van der Waals surface area contributed by atoms with Crippen LogP contribution in [0.5, 0.6) is 0 Å². The molecule has 1 heterocycles. The van der Waals surface area contributed by atoms with Crippen molar-refractivity contribution in [1.29, 1.82) is 0 Å². The van der Waals surface area contributed by atoms with E-state index >= 15 is 0 Å². The third-order valence-electron chi connectivity index (χ3n) is 5.59. The molecule has 1 atom stereocenters. The summed E-state index contributed by atoms with van der Waals surface area (Å²) in [6.07, 6.45) is 1.55. The van der Waals surface area contributed by atoms with Crippen LogP contribution in [0, 0.1) is 0 Å². The fourth-order valence-electron chi connectivity index (χ4n) is 4.10. The summed E-state index contributed by atoms with van der Waals surface area (Å²) in [4.78, 5) is 40.1. The third-order valence-corrected chi connectivity index (χ3v) is 6.57. The summed E-state index contributed by atoms with van der Waals surface area (Å²) in [7, 11) is 0. The topological polar surface area (TPSA) is 118 Å². The minimum atomic E-state index is -0.959. The van der Waals surface area contributed by atoms with Gasteiger partial charge in [0.25, 0.3) is 0 Å². The van der Waals surface area contributed by atoms with Crippen LogP contribution in [0.4, 0.5) is 9.93 Å². The lowest BCUT2D eigenvalue weighted by Gasteiger charge is -2.14. The highest BCUT2D eigenvalue weighted by atomic mass is 32.1. The Hall–Kier alpha value is -3.72. The van der Waals surface area contributed by atoms with Crippen LogP contribution in [0.15, 0.2) is 54.7 Å². The van der Waals surface area contributed by atoms with E-state index in [9.17, 15) is 14.4 Å². The predicted octanol–water partition coefficient (Wildman–Crippen LogP) is 4.42. The van der Waals surface area contributed by atoms with Crippen LogP contribution in [-0.4, -0.2) is 40.7 Å². The second-order valence-corrected chi connectivity index (χ2v) is 9.26. The van der Waals surface area contributed by atoms with Gasteiger partial charge in [-0.15, -0.1) is 11.3 Å². The normalized spacial score (nSPS) is 13.0. The number of hydrogen-bond donors (Lipinski definition) is 3. The zero-order valence-corrected chi connectivity index (χ0v) is 19.4. The molecule has 3 N–H and O–H groups in total. The molecule has 0 aliphatic heterocycles. The highest BCUT2D eigenvalue weighted by molar-refractivity contribution is 7.15. The molecule has 2 aromatic carbocycles. The summed E-state index contributed by atoms with van der Waals surface area (Å²) in [6, 6.07) is 15.8. The third kappa shape index (κ3) is 5.60. The minimum Gasteiger partial charge on any atom is -0.481 e. The van der Waals surface area contributed by atoms with Crippen LogP contribution >= 0.6 is 11.3 Å². The molecule has 176 valence electrons. The van der Waals surface area contributed by atoms with Crippen molar-refractivity contribution in [2.24, 2.45) is 0 Å². The Balaban J connectivity index is 1.27. The molecule has 0 saturated carbocycles. The van der Waals surface area contributed by atoms with Gasteiger partial charge < -0.3 is 15.2 Å². The number of carboxylic acids is 1. The molecular formula is C25H25N3O5S.